The van der Waals surface area contributed by atoms with Gasteiger partial charge < -0.3 is 0 Å². The van der Waals surface area contributed by atoms with E-state index in [1.165, 1.54) is 39.1 Å². The summed E-state index contributed by atoms with van der Waals surface area (Å²) in [6.07, 6.45) is 8.53. The zero-order valence-corrected chi connectivity index (χ0v) is 30.9. The van der Waals surface area contributed by atoms with Crippen LogP contribution in [0.3, 0.4) is 0 Å². The maximum atomic E-state index is 5.04. The van der Waals surface area contributed by atoms with Crippen molar-refractivity contribution in [2.45, 2.75) is 38.8 Å². The van der Waals surface area contributed by atoms with Crippen molar-refractivity contribution < 1.29 is 9.13 Å². The molecule has 0 N–H and O–H groups in total. The first-order valence-corrected chi connectivity index (χ1v) is 18.7. The van der Waals surface area contributed by atoms with Crippen LogP contribution in [0.2, 0.25) is 0 Å². The van der Waals surface area contributed by atoms with Gasteiger partial charge in [0, 0.05) is 52.7 Å². The van der Waals surface area contributed by atoms with Crippen molar-refractivity contribution in [3.05, 3.63) is 181 Å². The summed E-state index contributed by atoms with van der Waals surface area (Å²) in [6.45, 7) is 14.8. The highest BCUT2D eigenvalue weighted by Gasteiger charge is 2.52. The summed E-state index contributed by atoms with van der Waals surface area (Å²) < 4.78 is 4.96. The zero-order chi connectivity index (χ0) is 36.9. The lowest BCUT2D eigenvalue weighted by Gasteiger charge is -2.31. The molecule has 0 saturated carbocycles. The minimum absolute atomic E-state index is 0.00707. The molecule has 0 amide bonds. The lowest BCUT2D eigenvalue weighted by Crippen LogP contribution is -2.52. The number of hydrogen-bond acceptors (Lipinski definition) is 2. The number of nitrogens with zero attached hydrogens (tertiary/aromatic N) is 4. The molecule has 9 rings (SSSR count). The van der Waals surface area contributed by atoms with E-state index in [1.807, 2.05) is 13.1 Å². The summed E-state index contributed by atoms with van der Waals surface area (Å²) in [7, 11) is 0. The van der Waals surface area contributed by atoms with Crippen LogP contribution in [0.15, 0.2) is 168 Å². The molecule has 4 nitrogen and oxygen atoms in total. The highest BCUT2D eigenvalue weighted by atomic mass is 15.1. The largest absolute Gasteiger partial charge is 0.262 e. The summed E-state index contributed by atoms with van der Waals surface area (Å²) >= 11 is 0. The number of benzene rings is 5. The molecule has 2 aliphatic rings. The first-order chi connectivity index (χ1) is 26.5. The molecule has 0 bridgehead atoms. The van der Waals surface area contributed by atoms with Crippen LogP contribution >= 0.6 is 0 Å². The Morgan fingerprint density at radius 2 is 1.31 bits per heavy atom. The van der Waals surface area contributed by atoms with Crippen molar-refractivity contribution >= 4 is 24.3 Å². The molecule has 3 atom stereocenters. The van der Waals surface area contributed by atoms with Crippen molar-refractivity contribution in [2.75, 3.05) is 0 Å². The molecule has 3 unspecified atom stereocenters. The Morgan fingerprint density at radius 1 is 0.574 bits per heavy atom. The normalized spacial score (nSPS) is 16.7. The van der Waals surface area contributed by atoms with E-state index in [9.17, 15) is 0 Å². The highest BCUT2D eigenvalue weighted by Crippen LogP contribution is 2.54. The van der Waals surface area contributed by atoms with Gasteiger partial charge in [0.2, 0.25) is 11.4 Å². The average molecular weight is 699 g/mol. The number of rotatable bonds is 6. The molecule has 5 aromatic carbocycles. The van der Waals surface area contributed by atoms with Gasteiger partial charge in [0.05, 0.1) is 22.5 Å². The summed E-state index contributed by atoms with van der Waals surface area (Å²) in [5, 5.41) is 0. The van der Waals surface area contributed by atoms with Gasteiger partial charge >= 0.3 is 0 Å². The lowest BCUT2D eigenvalue weighted by molar-refractivity contribution is -0.739. The standard InChI is InChI=1S/C50H42N4/c1-6-42-47-38-18-12-11-17-37(38)44-31-33(4)28-30-54(44)50(47)41-27-25-39(45(35-15-9-8-10-16-35)46(41)43-19-13-14-29-53(42)43)40-26-24-36(34-22-20-32(3)21-23-34)48(51-5)49(40)52-7-2/h6-31,42,47,50H,1,5H2,2-4H3/q+2. The molecule has 7 aromatic rings. The summed E-state index contributed by atoms with van der Waals surface area (Å²) in [5.74, 6) is 0.0893. The third-order valence-corrected chi connectivity index (χ3v) is 11.3. The number of allylic oxidation sites excluding steroid dienone is 1. The molecule has 0 fully saturated rings. The maximum absolute atomic E-state index is 5.04. The minimum Gasteiger partial charge on any atom is -0.262 e. The Morgan fingerprint density at radius 3 is 2.09 bits per heavy atom. The number of aryl methyl sites for hydroxylation is 2. The Kier molecular flexibility index (Phi) is 8.31. The second-order valence-corrected chi connectivity index (χ2v) is 14.4. The Balaban J connectivity index is 1.41. The van der Waals surface area contributed by atoms with Crippen LogP contribution in [0.5, 0.6) is 0 Å². The Hall–Kier alpha value is -6.52. The Labute approximate surface area is 317 Å². The SMILES string of the molecule is C=CC1C2c3ccccc3-c3cc(C)cc[n+]3C2c2ccc(-c3ccc(-c4ccc(C)cc4)c(N=C)c3N=CC)c(-c3ccccc3)c2-c2cccc[n+]21. The van der Waals surface area contributed by atoms with Crippen molar-refractivity contribution in [1.29, 1.82) is 0 Å². The van der Waals surface area contributed by atoms with Crippen molar-refractivity contribution in [2.24, 2.45) is 9.98 Å². The topological polar surface area (TPSA) is 32.5 Å². The fourth-order valence-electron chi connectivity index (χ4n) is 8.97. The summed E-state index contributed by atoms with van der Waals surface area (Å²) in [6, 6.07) is 48.6. The number of aromatic nitrogens is 2. The highest BCUT2D eigenvalue weighted by molar-refractivity contribution is 6.02. The minimum atomic E-state index is -0.0145. The molecule has 2 aromatic heterocycles. The van der Waals surface area contributed by atoms with Crippen LogP contribution in [0.25, 0.3) is 55.9 Å². The van der Waals surface area contributed by atoms with Crippen LogP contribution in [-0.2, 0) is 0 Å². The smallest absolute Gasteiger partial charge is 0.214 e. The van der Waals surface area contributed by atoms with Gasteiger partial charge in [-0.3, -0.25) is 9.98 Å². The van der Waals surface area contributed by atoms with E-state index in [0.717, 1.165) is 50.4 Å². The molecule has 0 spiro atoms. The van der Waals surface area contributed by atoms with Gasteiger partial charge in [-0.2, -0.15) is 9.13 Å². The van der Waals surface area contributed by atoms with Crippen molar-refractivity contribution in [1.82, 2.24) is 0 Å². The van der Waals surface area contributed by atoms with Gasteiger partial charge in [0.25, 0.3) is 0 Å². The maximum Gasteiger partial charge on any atom is 0.214 e. The van der Waals surface area contributed by atoms with Crippen LogP contribution < -0.4 is 9.13 Å². The van der Waals surface area contributed by atoms with E-state index in [-0.39, 0.29) is 18.0 Å². The molecular weight excluding hydrogens is 657 g/mol. The molecule has 0 radical (unpaired) electrons. The van der Waals surface area contributed by atoms with Crippen LogP contribution in [0.4, 0.5) is 11.4 Å². The fraction of sp³-hybridized carbons (Fsp3) is 0.120. The van der Waals surface area contributed by atoms with E-state index in [2.05, 4.69) is 193 Å². The third kappa shape index (κ3) is 5.21. The van der Waals surface area contributed by atoms with E-state index in [1.54, 1.807) is 0 Å². The molecule has 0 saturated heterocycles. The number of fused-ring (bicyclic) bond motifs is 10. The third-order valence-electron chi connectivity index (χ3n) is 11.3. The molecule has 4 heteroatoms. The van der Waals surface area contributed by atoms with Crippen LogP contribution in [0, 0.1) is 13.8 Å². The molecule has 54 heavy (non-hydrogen) atoms. The van der Waals surface area contributed by atoms with E-state index >= 15 is 0 Å². The second-order valence-electron chi connectivity index (χ2n) is 14.4. The van der Waals surface area contributed by atoms with Gasteiger partial charge in [0.15, 0.2) is 24.5 Å². The van der Waals surface area contributed by atoms with Gasteiger partial charge in [-0.25, -0.2) is 0 Å². The quantitative estimate of drug-likeness (QED) is 0.0941. The lowest BCUT2D eigenvalue weighted by atomic mass is 9.74. The van der Waals surface area contributed by atoms with Crippen molar-refractivity contribution in [3.8, 4) is 55.9 Å². The van der Waals surface area contributed by atoms with E-state index < -0.39 is 0 Å². The van der Waals surface area contributed by atoms with Gasteiger partial charge in [0.1, 0.15) is 5.92 Å². The molecule has 4 heterocycles. The summed E-state index contributed by atoms with van der Waals surface area (Å²) in [5.41, 5.74) is 18.0. The average Bonchev–Trinajstić information content (AvgIpc) is 3.34. The van der Waals surface area contributed by atoms with Crippen LogP contribution in [-0.4, -0.2) is 12.9 Å². The monoisotopic (exact) mass is 698 g/mol. The van der Waals surface area contributed by atoms with E-state index in [0.29, 0.717) is 0 Å². The molecule has 2 aliphatic heterocycles. The molecule has 260 valence electrons. The van der Waals surface area contributed by atoms with Gasteiger partial charge in [-0.05, 0) is 73.5 Å². The number of aliphatic imine (C=N–C) groups is 2. The van der Waals surface area contributed by atoms with E-state index in [4.69, 9.17) is 4.99 Å². The van der Waals surface area contributed by atoms with Gasteiger partial charge in [-0.15, -0.1) is 0 Å². The first-order valence-electron chi connectivity index (χ1n) is 18.7. The zero-order valence-electron chi connectivity index (χ0n) is 30.9. The predicted octanol–water partition coefficient (Wildman–Crippen LogP) is 11.7. The number of pyridine rings is 2. The van der Waals surface area contributed by atoms with Crippen molar-refractivity contribution in [3.63, 3.8) is 0 Å². The fourth-order valence-corrected chi connectivity index (χ4v) is 8.97. The number of hydrogen-bond donors (Lipinski definition) is 0. The predicted molar refractivity (Wildman–Crippen MR) is 223 cm³/mol. The van der Waals surface area contributed by atoms with Gasteiger partial charge in [-0.1, -0.05) is 109 Å². The first kappa shape index (κ1) is 33.3. The molecular formula is C50H42N4+2. The Bertz CT molecular complexity index is 2630. The second kappa shape index (κ2) is 13.5. The van der Waals surface area contributed by atoms with Crippen LogP contribution in [0.1, 0.15) is 47.2 Å². The molecule has 0 aliphatic carbocycles. The summed E-state index contributed by atoms with van der Waals surface area (Å²) in [4.78, 5) is 9.70.